The van der Waals surface area contributed by atoms with Crippen molar-refractivity contribution >= 4 is 11.6 Å². The number of halogens is 1. The Morgan fingerprint density at radius 2 is 2.55 bits per heavy atom. The molecule has 0 aliphatic carbocycles. The summed E-state index contributed by atoms with van der Waals surface area (Å²) in [7, 11) is 0. The van der Waals surface area contributed by atoms with E-state index in [0.717, 1.165) is 0 Å². The van der Waals surface area contributed by atoms with Crippen LogP contribution in [0.2, 0.25) is 5.15 Å². The van der Waals surface area contributed by atoms with Gasteiger partial charge in [-0.3, -0.25) is 5.84 Å². The van der Waals surface area contributed by atoms with E-state index in [1.54, 1.807) is 6.07 Å². The summed E-state index contributed by atoms with van der Waals surface area (Å²) >= 11 is 5.54. The molecule has 60 valence electrons. The number of nitrogens with zero attached hydrogens (tertiary/aromatic N) is 2. The first-order chi connectivity index (χ1) is 5.33. The van der Waals surface area contributed by atoms with E-state index in [0.29, 0.717) is 5.15 Å². The van der Waals surface area contributed by atoms with Gasteiger partial charge in [0.1, 0.15) is 5.15 Å². The molecule has 1 aromatic heterocycles. The molecule has 11 heavy (non-hydrogen) atoms. The molecule has 0 unspecified atom stereocenters. The molecule has 0 fully saturated rings. The summed E-state index contributed by atoms with van der Waals surface area (Å²) in [5, 5.41) is 0.340. The third kappa shape index (κ3) is 2.67. The number of nitrogens with one attached hydrogen (secondary N) is 1. The van der Waals surface area contributed by atoms with Gasteiger partial charge in [0.25, 0.3) is 0 Å². The molecule has 0 aliphatic rings. The van der Waals surface area contributed by atoms with Crippen LogP contribution >= 0.6 is 11.6 Å². The van der Waals surface area contributed by atoms with Gasteiger partial charge in [-0.25, -0.2) is 10.4 Å². The van der Waals surface area contributed by atoms with Crippen LogP contribution in [0.1, 0.15) is 0 Å². The van der Waals surface area contributed by atoms with Crippen LogP contribution in [-0.2, 0) is 0 Å². The lowest BCUT2D eigenvalue weighted by molar-refractivity contribution is 0.264. The normalized spacial score (nSPS) is 9.64. The summed E-state index contributed by atoms with van der Waals surface area (Å²) in [4.78, 5) is 7.51. The van der Waals surface area contributed by atoms with Gasteiger partial charge in [0, 0.05) is 6.20 Å². The number of aromatic nitrogens is 2. The van der Waals surface area contributed by atoms with Crippen molar-refractivity contribution in [3.8, 4) is 6.01 Å². The number of nitrogens with two attached hydrogens (primary N) is 1. The highest BCUT2D eigenvalue weighted by molar-refractivity contribution is 6.29. The first-order valence-electron chi connectivity index (χ1n) is 2.88. The molecular weight excluding hydrogens is 168 g/mol. The lowest BCUT2D eigenvalue weighted by Crippen LogP contribution is -2.27. The standard InChI is InChI=1S/C5H7ClN4O/c6-4-1-2-8-5(10-4)11-3-9-7/h1-2,9H,3,7H2. The van der Waals surface area contributed by atoms with Gasteiger partial charge in [-0.05, 0) is 6.07 Å². The Balaban J connectivity index is 2.56. The highest BCUT2D eigenvalue weighted by Gasteiger charge is 1.95. The quantitative estimate of drug-likeness (QED) is 0.291. The largest absolute Gasteiger partial charge is 0.446 e. The Bertz CT molecular complexity index is 231. The van der Waals surface area contributed by atoms with Crippen LogP contribution in [-0.4, -0.2) is 16.7 Å². The van der Waals surface area contributed by atoms with Crippen molar-refractivity contribution in [3.05, 3.63) is 17.4 Å². The lowest BCUT2D eigenvalue weighted by Gasteiger charge is -2.00. The van der Waals surface area contributed by atoms with Crippen LogP contribution in [0.5, 0.6) is 6.01 Å². The van der Waals surface area contributed by atoms with Crippen molar-refractivity contribution in [1.82, 2.24) is 15.4 Å². The first kappa shape index (κ1) is 8.19. The van der Waals surface area contributed by atoms with Gasteiger partial charge in [-0.1, -0.05) is 11.6 Å². The Labute approximate surface area is 68.5 Å². The minimum atomic E-state index is 0.153. The number of ether oxygens (including phenoxy) is 1. The second-order valence-electron chi connectivity index (χ2n) is 1.65. The molecule has 0 radical (unpaired) electrons. The summed E-state index contributed by atoms with van der Waals surface area (Å²) in [6.07, 6.45) is 1.50. The fourth-order valence-corrected chi connectivity index (χ4v) is 0.624. The van der Waals surface area contributed by atoms with Crippen molar-refractivity contribution in [3.63, 3.8) is 0 Å². The smallest absolute Gasteiger partial charge is 0.319 e. The molecular formula is C5H7ClN4O. The predicted molar refractivity (Wildman–Crippen MR) is 39.9 cm³/mol. The number of hydrogen-bond acceptors (Lipinski definition) is 5. The van der Waals surface area contributed by atoms with E-state index in [-0.39, 0.29) is 12.7 Å². The number of hydrogen-bond donors (Lipinski definition) is 2. The SMILES string of the molecule is NNCOc1nccc(Cl)n1. The molecule has 0 bridgehead atoms. The Hall–Kier alpha value is -0.910. The predicted octanol–water partition coefficient (Wildman–Crippen LogP) is -0.0704. The molecule has 3 N–H and O–H groups in total. The molecule has 0 saturated carbocycles. The molecule has 5 nitrogen and oxygen atoms in total. The first-order valence-corrected chi connectivity index (χ1v) is 3.25. The summed E-state index contributed by atoms with van der Waals surface area (Å²) < 4.78 is 4.89. The molecule has 0 saturated heterocycles. The van der Waals surface area contributed by atoms with Crippen LogP contribution in [0.15, 0.2) is 12.3 Å². The van der Waals surface area contributed by atoms with Crippen molar-refractivity contribution in [1.29, 1.82) is 0 Å². The molecule has 0 spiro atoms. The summed E-state index contributed by atoms with van der Waals surface area (Å²) in [6.45, 7) is 0.153. The Morgan fingerprint density at radius 1 is 1.73 bits per heavy atom. The monoisotopic (exact) mass is 174 g/mol. The minimum Gasteiger partial charge on any atom is -0.446 e. The maximum Gasteiger partial charge on any atom is 0.319 e. The maximum absolute atomic E-state index is 5.54. The van der Waals surface area contributed by atoms with Gasteiger partial charge >= 0.3 is 6.01 Å². The highest BCUT2D eigenvalue weighted by Crippen LogP contribution is 2.06. The van der Waals surface area contributed by atoms with Gasteiger partial charge in [0.2, 0.25) is 0 Å². The zero-order valence-electron chi connectivity index (χ0n) is 5.62. The molecule has 1 heterocycles. The van der Waals surface area contributed by atoms with Crippen molar-refractivity contribution in [2.45, 2.75) is 0 Å². The molecule has 0 amide bonds. The van der Waals surface area contributed by atoms with Crippen molar-refractivity contribution in [2.24, 2.45) is 5.84 Å². The number of hydrazine groups is 1. The highest BCUT2D eigenvalue weighted by atomic mass is 35.5. The van der Waals surface area contributed by atoms with E-state index < -0.39 is 0 Å². The molecule has 6 heteroatoms. The van der Waals surface area contributed by atoms with Crippen LogP contribution in [0.4, 0.5) is 0 Å². The number of rotatable bonds is 3. The lowest BCUT2D eigenvalue weighted by atomic mass is 10.7. The van der Waals surface area contributed by atoms with Gasteiger partial charge in [0.05, 0.1) is 0 Å². The maximum atomic E-state index is 5.54. The average molecular weight is 175 g/mol. The van der Waals surface area contributed by atoms with Crippen LogP contribution in [0, 0.1) is 0 Å². The summed E-state index contributed by atoms with van der Waals surface area (Å²) in [5.41, 5.74) is 2.29. The van der Waals surface area contributed by atoms with Crippen molar-refractivity contribution in [2.75, 3.05) is 6.73 Å². The van der Waals surface area contributed by atoms with Crippen LogP contribution in [0.3, 0.4) is 0 Å². The second-order valence-corrected chi connectivity index (χ2v) is 2.04. The molecule has 0 aliphatic heterocycles. The van der Waals surface area contributed by atoms with E-state index in [1.807, 2.05) is 0 Å². The Kier molecular flexibility index (Phi) is 3.03. The van der Waals surface area contributed by atoms with E-state index in [4.69, 9.17) is 22.2 Å². The van der Waals surface area contributed by atoms with Gasteiger partial charge in [0.15, 0.2) is 6.73 Å². The van der Waals surface area contributed by atoms with E-state index in [1.165, 1.54) is 6.20 Å². The third-order valence-electron chi connectivity index (χ3n) is 0.884. The summed E-state index contributed by atoms with van der Waals surface area (Å²) in [5.74, 6) is 4.95. The molecule has 1 rings (SSSR count). The van der Waals surface area contributed by atoms with Gasteiger partial charge < -0.3 is 4.74 Å². The fraction of sp³-hybridized carbons (Fsp3) is 0.200. The van der Waals surface area contributed by atoms with Gasteiger partial charge in [-0.15, -0.1) is 0 Å². The van der Waals surface area contributed by atoms with E-state index >= 15 is 0 Å². The van der Waals surface area contributed by atoms with E-state index in [9.17, 15) is 0 Å². The zero-order valence-corrected chi connectivity index (χ0v) is 6.38. The topological polar surface area (TPSA) is 73.1 Å². The average Bonchev–Trinajstić information content (AvgIpc) is 2.01. The van der Waals surface area contributed by atoms with Crippen LogP contribution in [0.25, 0.3) is 0 Å². The van der Waals surface area contributed by atoms with Crippen molar-refractivity contribution < 1.29 is 4.74 Å². The molecule has 0 atom stereocenters. The summed E-state index contributed by atoms with van der Waals surface area (Å²) in [6, 6.07) is 1.76. The van der Waals surface area contributed by atoms with Gasteiger partial charge in [-0.2, -0.15) is 4.98 Å². The van der Waals surface area contributed by atoms with E-state index in [2.05, 4.69) is 15.4 Å². The fourth-order valence-electron chi connectivity index (χ4n) is 0.496. The van der Waals surface area contributed by atoms with Crippen LogP contribution < -0.4 is 16.0 Å². The third-order valence-corrected chi connectivity index (χ3v) is 1.09. The molecule has 0 aromatic carbocycles. The minimum absolute atomic E-state index is 0.153. The molecule has 1 aromatic rings. The second kappa shape index (κ2) is 4.07. The zero-order chi connectivity index (χ0) is 8.10. The Morgan fingerprint density at radius 3 is 3.18 bits per heavy atom.